The molecular weight excluding hydrogens is 300 g/mol. The van der Waals surface area contributed by atoms with Gasteiger partial charge in [-0.1, -0.05) is 42.4 Å². The highest BCUT2D eigenvalue weighted by atomic mass is 16.6. The van der Waals surface area contributed by atoms with Gasteiger partial charge in [0.05, 0.1) is 6.21 Å². The van der Waals surface area contributed by atoms with Gasteiger partial charge in [0, 0.05) is 5.69 Å². The molecule has 0 bridgehead atoms. The van der Waals surface area contributed by atoms with Crippen molar-refractivity contribution in [2.45, 2.75) is 32.6 Å². The van der Waals surface area contributed by atoms with Crippen molar-refractivity contribution in [3.05, 3.63) is 64.7 Å². The summed E-state index contributed by atoms with van der Waals surface area (Å²) in [6, 6.07) is 14.2. The van der Waals surface area contributed by atoms with Gasteiger partial charge in [0.1, 0.15) is 0 Å². The number of hydrogen-bond donors (Lipinski definition) is 1. The lowest BCUT2D eigenvalue weighted by molar-refractivity contribution is -0.120. The molecule has 0 spiro atoms. The van der Waals surface area contributed by atoms with Crippen molar-refractivity contribution < 1.29 is 9.63 Å². The van der Waals surface area contributed by atoms with Crippen molar-refractivity contribution in [3.63, 3.8) is 0 Å². The number of aryl methyl sites for hydroxylation is 3. The molecule has 0 heterocycles. The average Bonchev–Trinajstić information content (AvgIpc) is 3.07. The van der Waals surface area contributed by atoms with Gasteiger partial charge in [0.2, 0.25) is 0 Å². The quantitative estimate of drug-likeness (QED) is 0.651. The van der Waals surface area contributed by atoms with Crippen LogP contribution in [0.3, 0.4) is 0 Å². The number of carbonyl (C=O) groups is 1. The van der Waals surface area contributed by atoms with Crippen LogP contribution in [0, 0.1) is 0 Å². The van der Waals surface area contributed by atoms with Crippen LogP contribution in [0.15, 0.2) is 47.6 Å². The number of anilines is 1. The third kappa shape index (κ3) is 4.22. The molecule has 1 aliphatic rings. The maximum atomic E-state index is 11.9. The molecule has 0 unspecified atom stereocenters. The topological polar surface area (TPSA) is 50.7 Å². The van der Waals surface area contributed by atoms with Crippen LogP contribution in [0.1, 0.15) is 35.6 Å². The Hall–Kier alpha value is -2.62. The summed E-state index contributed by atoms with van der Waals surface area (Å²) in [6.07, 6.45) is 6.06. The number of fused-ring (bicyclic) bond motifs is 1. The summed E-state index contributed by atoms with van der Waals surface area (Å²) in [4.78, 5) is 17.0. The molecule has 0 fully saturated rings. The van der Waals surface area contributed by atoms with Crippen LogP contribution in [0.5, 0.6) is 0 Å². The highest BCUT2D eigenvalue weighted by Gasteiger charge is 2.11. The Morgan fingerprint density at radius 1 is 1.17 bits per heavy atom. The lowest BCUT2D eigenvalue weighted by Gasteiger charge is -2.06. The molecule has 2 aromatic carbocycles. The second-order valence-electron chi connectivity index (χ2n) is 5.99. The van der Waals surface area contributed by atoms with Crippen molar-refractivity contribution in [2.24, 2.45) is 5.16 Å². The minimum Gasteiger partial charge on any atom is -0.386 e. The van der Waals surface area contributed by atoms with Gasteiger partial charge in [-0.15, -0.1) is 0 Å². The monoisotopic (exact) mass is 322 g/mol. The summed E-state index contributed by atoms with van der Waals surface area (Å²) in [6.45, 7) is 2.02. The zero-order valence-electron chi connectivity index (χ0n) is 13.9. The standard InChI is InChI=1S/C20H22N2O2/c1-2-15-6-8-16(9-7-15)13-21-24-14-20(23)22-19-11-10-17-4-3-5-18(17)12-19/h6-13H,2-5,14H2,1H3,(H,22,23)/b21-13-. The Morgan fingerprint density at radius 3 is 2.75 bits per heavy atom. The third-order valence-electron chi connectivity index (χ3n) is 4.24. The summed E-state index contributed by atoms with van der Waals surface area (Å²) >= 11 is 0. The maximum Gasteiger partial charge on any atom is 0.265 e. The van der Waals surface area contributed by atoms with Crippen molar-refractivity contribution in [2.75, 3.05) is 11.9 Å². The van der Waals surface area contributed by atoms with Gasteiger partial charge in [0.25, 0.3) is 5.91 Å². The summed E-state index contributed by atoms with van der Waals surface area (Å²) < 4.78 is 0. The molecule has 24 heavy (non-hydrogen) atoms. The van der Waals surface area contributed by atoms with Gasteiger partial charge in [-0.2, -0.15) is 0 Å². The summed E-state index contributed by atoms with van der Waals surface area (Å²) in [5, 5.41) is 6.70. The first-order chi connectivity index (χ1) is 11.7. The molecule has 1 N–H and O–H groups in total. The zero-order valence-corrected chi connectivity index (χ0v) is 13.9. The van der Waals surface area contributed by atoms with Crippen molar-refractivity contribution >= 4 is 17.8 Å². The fourth-order valence-electron chi connectivity index (χ4n) is 2.88. The normalized spacial score (nSPS) is 13.0. The first kappa shape index (κ1) is 16.2. The number of nitrogens with zero attached hydrogens (tertiary/aromatic N) is 1. The molecule has 4 heteroatoms. The summed E-state index contributed by atoms with van der Waals surface area (Å²) in [5.74, 6) is -0.202. The molecule has 0 saturated carbocycles. The largest absolute Gasteiger partial charge is 0.386 e. The van der Waals surface area contributed by atoms with Crippen molar-refractivity contribution in [1.82, 2.24) is 0 Å². The van der Waals surface area contributed by atoms with E-state index in [0.717, 1.165) is 30.5 Å². The second kappa shape index (κ2) is 7.77. The number of benzene rings is 2. The predicted molar refractivity (Wildman–Crippen MR) is 96.5 cm³/mol. The Morgan fingerprint density at radius 2 is 1.96 bits per heavy atom. The van der Waals surface area contributed by atoms with E-state index in [1.807, 2.05) is 18.2 Å². The molecule has 0 radical (unpaired) electrons. The molecule has 4 nitrogen and oxygen atoms in total. The zero-order chi connectivity index (χ0) is 16.8. The van der Waals surface area contributed by atoms with Crippen molar-refractivity contribution in [1.29, 1.82) is 0 Å². The molecule has 124 valence electrons. The van der Waals surface area contributed by atoms with E-state index in [-0.39, 0.29) is 12.5 Å². The molecule has 0 atom stereocenters. The minimum absolute atomic E-state index is 0.0966. The molecular formula is C20H22N2O2. The highest BCUT2D eigenvalue weighted by molar-refractivity contribution is 5.91. The fourth-order valence-corrected chi connectivity index (χ4v) is 2.88. The van der Waals surface area contributed by atoms with Gasteiger partial charge >= 0.3 is 0 Å². The second-order valence-corrected chi connectivity index (χ2v) is 5.99. The van der Waals surface area contributed by atoms with Crippen molar-refractivity contribution in [3.8, 4) is 0 Å². The lowest BCUT2D eigenvalue weighted by Crippen LogP contribution is -2.17. The van der Waals surface area contributed by atoms with Crippen LogP contribution in [0.2, 0.25) is 0 Å². The number of nitrogens with one attached hydrogen (secondary N) is 1. The van der Waals surface area contributed by atoms with Gasteiger partial charge in [0.15, 0.2) is 6.61 Å². The molecule has 0 saturated heterocycles. The van der Waals surface area contributed by atoms with E-state index in [0.29, 0.717) is 0 Å². The van der Waals surface area contributed by atoms with Crippen LogP contribution in [-0.4, -0.2) is 18.7 Å². The van der Waals surface area contributed by atoms with E-state index in [9.17, 15) is 4.79 Å². The molecule has 1 aliphatic carbocycles. The van der Waals surface area contributed by atoms with Crippen LogP contribution >= 0.6 is 0 Å². The average molecular weight is 322 g/mol. The molecule has 3 rings (SSSR count). The van der Waals surface area contributed by atoms with Crippen LogP contribution in [0.25, 0.3) is 0 Å². The fraction of sp³-hybridized carbons (Fsp3) is 0.300. The molecule has 0 aromatic heterocycles. The number of hydrogen-bond acceptors (Lipinski definition) is 3. The maximum absolute atomic E-state index is 11.9. The Bertz CT molecular complexity index is 736. The van der Waals surface area contributed by atoms with Crippen LogP contribution < -0.4 is 5.32 Å². The minimum atomic E-state index is -0.202. The highest BCUT2D eigenvalue weighted by Crippen LogP contribution is 2.24. The van der Waals surface area contributed by atoms with Crippen LogP contribution in [-0.2, 0) is 28.9 Å². The first-order valence-corrected chi connectivity index (χ1v) is 8.40. The smallest absolute Gasteiger partial charge is 0.265 e. The van der Waals surface area contributed by atoms with E-state index >= 15 is 0 Å². The summed E-state index contributed by atoms with van der Waals surface area (Å²) in [5.41, 5.74) is 5.78. The van der Waals surface area contributed by atoms with E-state index in [4.69, 9.17) is 4.84 Å². The molecule has 1 amide bonds. The number of rotatable bonds is 6. The van der Waals surface area contributed by atoms with Gasteiger partial charge < -0.3 is 10.2 Å². The van der Waals surface area contributed by atoms with Crippen LogP contribution in [0.4, 0.5) is 5.69 Å². The molecule has 0 aliphatic heterocycles. The number of oxime groups is 1. The first-order valence-electron chi connectivity index (χ1n) is 8.40. The van der Waals surface area contributed by atoms with E-state index < -0.39 is 0 Å². The van der Waals surface area contributed by atoms with E-state index in [1.165, 1.54) is 23.1 Å². The van der Waals surface area contributed by atoms with E-state index in [2.05, 4.69) is 41.7 Å². The predicted octanol–water partition coefficient (Wildman–Crippen LogP) is 3.73. The Labute approximate surface area is 142 Å². The summed E-state index contributed by atoms with van der Waals surface area (Å²) in [7, 11) is 0. The number of amides is 1. The van der Waals surface area contributed by atoms with Gasteiger partial charge in [-0.05, 0) is 60.1 Å². The SMILES string of the molecule is CCc1ccc(/C=N\OCC(=O)Nc2ccc3c(c2)CCC3)cc1. The van der Waals surface area contributed by atoms with Gasteiger partial charge in [-0.3, -0.25) is 4.79 Å². The third-order valence-corrected chi connectivity index (χ3v) is 4.24. The Balaban J connectivity index is 1.46. The lowest BCUT2D eigenvalue weighted by atomic mass is 10.1. The van der Waals surface area contributed by atoms with Gasteiger partial charge in [-0.25, -0.2) is 0 Å². The van der Waals surface area contributed by atoms with E-state index in [1.54, 1.807) is 6.21 Å². The number of carbonyl (C=O) groups excluding carboxylic acids is 1. The molecule has 2 aromatic rings. The Kier molecular flexibility index (Phi) is 5.26.